The van der Waals surface area contributed by atoms with Crippen molar-refractivity contribution in [3.63, 3.8) is 0 Å². The highest BCUT2D eigenvalue weighted by Crippen LogP contribution is 2.45. The Bertz CT molecular complexity index is 681. The highest BCUT2D eigenvalue weighted by molar-refractivity contribution is 7.90. The van der Waals surface area contributed by atoms with Gasteiger partial charge in [0, 0.05) is 31.2 Å². The molecule has 5 nitrogen and oxygen atoms in total. The molecule has 0 aliphatic carbocycles. The second-order valence-electron chi connectivity index (χ2n) is 6.10. The Balaban J connectivity index is 1.63. The zero-order valence-electron chi connectivity index (χ0n) is 11.5. The van der Waals surface area contributed by atoms with E-state index >= 15 is 0 Å². The summed E-state index contributed by atoms with van der Waals surface area (Å²) in [7, 11) is -3.31. The molecule has 21 heavy (non-hydrogen) atoms. The fourth-order valence-corrected chi connectivity index (χ4v) is 6.29. The molecule has 0 saturated carbocycles. The van der Waals surface area contributed by atoms with Gasteiger partial charge in [-0.25, -0.2) is 8.42 Å². The highest BCUT2D eigenvalue weighted by atomic mass is 35.5. The van der Waals surface area contributed by atoms with Crippen LogP contribution in [0.3, 0.4) is 0 Å². The molecule has 2 bridgehead atoms. The molecule has 3 heterocycles. The predicted molar refractivity (Wildman–Crippen MR) is 79.7 cm³/mol. The van der Waals surface area contributed by atoms with Gasteiger partial charge in [-0.2, -0.15) is 4.31 Å². The number of sulfonamides is 1. The molecule has 1 aromatic carbocycles. The summed E-state index contributed by atoms with van der Waals surface area (Å²) in [6.07, 6.45) is 0.633. The summed E-state index contributed by atoms with van der Waals surface area (Å²) in [4.78, 5) is 0. The van der Waals surface area contributed by atoms with E-state index in [4.69, 9.17) is 16.3 Å². The first-order chi connectivity index (χ1) is 9.99. The lowest BCUT2D eigenvalue weighted by Gasteiger charge is -2.32. The number of rotatable bonds is 2. The first-order valence-corrected chi connectivity index (χ1v) is 9.00. The lowest BCUT2D eigenvalue weighted by molar-refractivity contribution is -0.0634. The second kappa shape index (κ2) is 4.67. The van der Waals surface area contributed by atoms with Crippen LogP contribution in [0.5, 0.6) is 0 Å². The van der Waals surface area contributed by atoms with Gasteiger partial charge in [-0.05, 0) is 24.1 Å². The quantitative estimate of drug-likeness (QED) is 0.879. The molecule has 4 rings (SSSR count). The van der Waals surface area contributed by atoms with Crippen LogP contribution in [0.4, 0.5) is 0 Å². The van der Waals surface area contributed by atoms with Crippen molar-refractivity contribution < 1.29 is 13.2 Å². The van der Waals surface area contributed by atoms with Crippen LogP contribution in [-0.2, 0) is 21.3 Å². The van der Waals surface area contributed by atoms with Gasteiger partial charge in [0.25, 0.3) is 0 Å². The van der Waals surface area contributed by atoms with E-state index in [1.54, 1.807) is 10.4 Å². The fraction of sp³-hybridized carbons (Fsp3) is 0.571. The van der Waals surface area contributed by atoms with Crippen molar-refractivity contribution in [1.82, 2.24) is 9.62 Å². The van der Waals surface area contributed by atoms with Gasteiger partial charge in [0.05, 0.1) is 6.10 Å². The van der Waals surface area contributed by atoms with Gasteiger partial charge in [-0.15, -0.1) is 0 Å². The van der Waals surface area contributed by atoms with E-state index < -0.39 is 20.9 Å². The third-order valence-electron chi connectivity index (χ3n) is 4.67. The van der Waals surface area contributed by atoms with Crippen LogP contribution in [0, 0.1) is 0 Å². The Morgan fingerprint density at radius 2 is 2.33 bits per heavy atom. The average Bonchev–Trinajstić information content (AvgIpc) is 2.78. The first kappa shape index (κ1) is 14.0. The van der Waals surface area contributed by atoms with Crippen molar-refractivity contribution >= 4 is 21.6 Å². The SMILES string of the molecule is O=S1(=O)[C@@H]2C[C@H]3CNC[C@]2(CN1Cc1cccc(Cl)c1)O3. The Kier molecular flexibility index (Phi) is 3.10. The smallest absolute Gasteiger partial charge is 0.220 e. The van der Waals surface area contributed by atoms with Crippen LogP contribution in [0.1, 0.15) is 12.0 Å². The Morgan fingerprint density at radius 3 is 3.14 bits per heavy atom. The monoisotopic (exact) mass is 328 g/mol. The van der Waals surface area contributed by atoms with Crippen molar-refractivity contribution in [1.29, 1.82) is 0 Å². The van der Waals surface area contributed by atoms with Gasteiger partial charge >= 0.3 is 0 Å². The summed E-state index contributed by atoms with van der Waals surface area (Å²) in [5.41, 5.74) is 0.336. The van der Waals surface area contributed by atoms with E-state index in [9.17, 15) is 8.42 Å². The molecule has 3 fully saturated rings. The summed E-state index contributed by atoms with van der Waals surface area (Å²) in [5, 5.41) is 3.51. The van der Waals surface area contributed by atoms with E-state index in [0.29, 0.717) is 31.1 Å². The Labute approximate surface area is 129 Å². The van der Waals surface area contributed by atoms with Crippen LogP contribution in [-0.4, -0.2) is 49.3 Å². The summed E-state index contributed by atoms with van der Waals surface area (Å²) >= 11 is 5.98. The van der Waals surface area contributed by atoms with Gasteiger partial charge in [0.1, 0.15) is 10.9 Å². The molecule has 3 aliphatic heterocycles. The summed E-state index contributed by atoms with van der Waals surface area (Å²) in [6.45, 7) is 2.15. The number of hydrogen-bond donors (Lipinski definition) is 1. The molecule has 3 aliphatic rings. The van der Waals surface area contributed by atoms with Crippen molar-refractivity contribution in [3.05, 3.63) is 34.9 Å². The molecule has 0 unspecified atom stereocenters. The molecule has 3 saturated heterocycles. The predicted octanol–water partition coefficient (Wildman–Crippen LogP) is 0.985. The van der Waals surface area contributed by atoms with Gasteiger partial charge < -0.3 is 10.1 Å². The largest absolute Gasteiger partial charge is 0.366 e. The van der Waals surface area contributed by atoms with Crippen LogP contribution < -0.4 is 5.32 Å². The molecule has 114 valence electrons. The van der Waals surface area contributed by atoms with Gasteiger partial charge in [0.15, 0.2) is 0 Å². The Hall–Kier alpha value is -0.660. The molecule has 0 amide bonds. The van der Waals surface area contributed by atoms with Gasteiger partial charge in [-0.3, -0.25) is 0 Å². The third-order valence-corrected chi connectivity index (χ3v) is 7.23. The minimum Gasteiger partial charge on any atom is -0.366 e. The van der Waals surface area contributed by atoms with Crippen LogP contribution in [0.25, 0.3) is 0 Å². The molecule has 1 N–H and O–H groups in total. The van der Waals surface area contributed by atoms with Crippen molar-refractivity contribution in [2.75, 3.05) is 19.6 Å². The summed E-state index contributed by atoms with van der Waals surface area (Å²) in [6, 6.07) is 7.34. The normalized spacial score (nSPS) is 37.6. The zero-order valence-corrected chi connectivity index (χ0v) is 13.0. The number of halogens is 1. The summed E-state index contributed by atoms with van der Waals surface area (Å²) in [5.74, 6) is 0. The summed E-state index contributed by atoms with van der Waals surface area (Å²) < 4.78 is 33.1. The number of morpholine rings is 1. The van der Waals surface area contributed by atoms with Crippen LogP contribution >= 0.6 is 11.6 Å². The lowest BCUT2D eigenvalue weighted by atomic mass is 10.00. The molecule has 3 atom stereocenters. The standard InChI is InChI=1S/C14H17ClN2O3S/c15-11-3-1-2-10(4-11)7-17-9-14-8-16-6-12(20-14)5-13(14)21(17,18)19/h1-4,12-13,16H,5-9H2/t12-,13+,14+/m0/s1. The lowest BCUT2D eigenvalue weighted by Crippen LogP contribution is -2.53. The van der Waals surface area contributed by atoms with E-state index in [-0.39, 0.29) is 6.10 Å². The second-order valence-corrected chi connectivity index (χ2v) is 8.65. The molecular weight excluding hydrogens is 312 g/mol. The zero-order chi connectivity index (χ0) is 14.7. The van der Waals surface area contributed by atoms with Gasteiger partial charge in [-0.1, -0.05) is 23.7 Å². The number of fused-ring (bicyclic) bond motifs is 1. The van der Waals surface area contributed by atoms with E-state index in [1.165, 1.54) is 0 Å². The number of nitrogens with one attached hydrogen (secondary N) is 1. The van der Waals surface area contributed by atoms with Gasteiger partial charge in [0.2, 0.25) is 10.0 Å². The molecule has 7 heteroatoms. The highest BCUT2D eigenvalue weighted by Gasteiger charge is 2.63. The van der Waals surface area contributed by atoms with Crippen molar-refractivity contribution in [2.24, 2.45) is 0 Å². The molecule has 1 spiro atoms. The van der Waals surface area contributed by atoms with E-state index in [1.807, 2.05) is 18.2 Å². The molecule has 0 aromatic heterocycles. The van der Waals surface area contributed by atoms with E-state index in [2.05, 4.69) is 5.32 Å². The van der Waals surface area contributed by atoms with Crippen molar-refractivity contribution in [2.45, 2.75) is 29.9 Å². The molecule has 1 aromatic rings. The third kappa shape index (κ3) is 2.12. The van der Waals surface area contributed by atoms with E-state index in [0.717, 1.165) is 12.1 Å². The maximum atomic E-state index is 12.8. The molecular formula is C14H17ClN2O3S. The Morgan fingerprint density at radius 1 is 1.48 bits per heavy atom. The minimum absolute atomic E-state index is 0.0341. The number of nitrogens with zero attached hydrogens (tertiary/aromatic N) is 1. The minimum atomic E-state index is -3.31. The number of hydrogen-bond acceptors (Lipinski definition) is 4. The average molecular weight is 329 g/mol. The van der Waals surface area contributed by atoms with Crippen molar-refractivity contribution in [3.8, 4) is 0 Å². The fourth-order valence-electron chi connectivity index (χ4n) is 3.78. The topological polar surface area (TPSA) is 58.6 Å². The number of benzene rings is 1. The maximum Gasteiger partial charge on any atom is 0.220 e. The first-order valence-electron chi connectivity index (χ1n) is 7.12. The van der Waals surface area contributed by atoms with Crippen LogP contribution in [0.2, 0.25) is 5.02 Å². The number of ether oxygens (including phenoxy) is 1. The van der Waals surface area contributed by atoms with Crippen LogP contribution in [0.15, 0.2) is 24.3 Å². The maximum absolute atomic E-state index is 12.8. The molecule has 0 radical (unpaired) electrons.